The van der Waals surface area contributed by atoms with Crippen LogP contribution >= 0.6 is 35.0 Å². The van der Waals surface area contributed by atoms with E-state index < -0.39 is 27.2 Å². The first-order valence-electron chi connectivity index (χ1n) is 7.37. The molecule has 0 aliphatic heterocycles. The molecule has 0 amide bonds. The third-order valence-corrected chi connectivity index (χ3v) is 5.78. The average Bonchev–Trinajstić information content (AvgIpc) is 3.04. The van der Waals surface area contributed by atoms with Crippen LogP contribution in [0, 0.1) is 0 Å². The first kappa shape index (κ1) is 27.2. The molecular formula is C15H18Cl2CuN2O6S2. The molecule has 13 heteroatoms. The molecule has 1 radical (unpaired) electrons. The van der Waals surface area contributed by atoms with Crippen LogP contribution in [-0.4, -0.2) is 44.4 Å². The van der Waals surface area contributed by atoms with Crippen LogP contribution in [0.4, 0.5) is 0 Å². The van der Waals surface area contributed by atoms with Crippen molar-refractivity contribution in [1.82, 2.24) is 9.55 Å². The van der Waals surface area contributed by atoms with Crippen molar-refractivity contribution in [3.8, 4) is 0 Å². The maximum absolute atomic E-state index is 12.0. The zero-order valence-corrected chi connectivity index (χ0v) is 18.7. The molecule has 0 aliphatic rings. The predicted molar refractivity (Wildman–Crippen MR) is 105 cm³/mol. The van der Waals surface area contributed by atoms with Crippen LogP contribution in [0.25, 0.3) is 0 Å². The van der Waals surface area contributed by atoms with Crippen LogP contribution in [0.15, 0.2) is 36.9 Å². The van der Waals surface area contributed by atoms with Crippen molar-refractivity contribution in [2.45, 2.75) is 24.1 Å². The van der Waals surface area contributed by atoms with Gasteiger partial charge in [-0.2, -0.15) is 20.2 Å². The molecule has 1 heterocycles. The summed E-state index contributed by atoms with van der Waals surface area (Å²) in [7, 11) is -4.67. The number of carboxylic acid groups (broad SMARTS) is 1. The molecule has 2 rings (SSSR count). The Morgan fingerprint density at radius 1 is 1.36 bits per heavy atom. The summed E-state index contributed by atoms with van der Waals surface area (Å²) >= 11 is 13.8. The Hall–Kier alpha value is -0.781. The van der Waals surface area contributed by atoms with Gasteiger partial charge in [-0.15, -0.1) is 0 Å². The van der Waals surface area contributed by atoms with Gasteiger partial charge in [0, 0.05) is 39.5 Å². The van der Waals surface area contributed by atoms with E-state index in [1.807, 2.05) is 13.2 Å². The predicted octanol–water partition coefficient (Wildman–Crippen LogP) is 3.83. The molecule has 2 atom stereocenters. The normalized spacial score (nSPS) is 14.1. The Balaban J connectivity index is 0.00000108. The van der Waals surface area contributed by atoms with Gasteiger partial charge in [-0.1, -0.05) is 36.2 Å². The Kier molecular flexibility index (Phi) is 11.1. The number of aliphatic carboxylic acids is 1. The van der Waals surface area contributed by atoms with Gasteiger partial charge in [0.05, 0.1) is 11.1 Å². The fraction of sp³-hybridized carbons (Fsp3) is 0.333. The molecule has 1 aromatic heterocycles. The van der Waals surface area contributed by atoms with Crippen molar-refractivity contribution >= 4 is 51.3 Å². The van der Waals surface area contributed by atoms with E-state index in [1.165, 1.54) is 18.1 Å². The Morgan fingerprint density at radius 3 is 2.29 bits per heavy atom. The van der Waals surface area contributed by atoms with E-state index in [0.717, 1.165) is 5.56 Å². The van der Waals surface area contributed by atoms with Crippen molar-refractivity contribution in [2.75, 3.05) is 6.26 Å². The molecule has 28 heavy (non-hydrogen) atoms. The molecule has 0 bridgehead atoms. The van der Waals surface area contributed by atoms with Gasteiger partial charge in [0.1, 0.15) is 0 Å². The molecular weight excluding hydrogens is 503 g/mol. The van der Waals surface area contributed by atoms with Crippen LogP contribution in [-0.2, 0) is 37.0 Å². The van der Waals surface area contributed by atoms with Gasteiger partial charge in [0.25, 0.3) is 0 Å². The topological polar surface area (TPSA) is 130 Å². The number of carboxylic acids is 1. The summed E-state index contributed by atoms with van der Waals surface area (Å²) < 4.78 is 32.5. The van der Waals surface area contributed by atoms with Crippen LogP contribution in [0.2, 0.25) is 10.0 Å². The molecule has 0 saturated carbocycles. The summed E-state index contributed by atoms with van der Waals surface area (Å²) in [5.74, 6) is -0.930. The van der Waals surface area contributed by atoms with Crippen molar-refractivity contribution < 1.29 is 44.5 Å². The summed E-state index contributed by atoms with van der Waals surface area (Å²) in [6.45, 7) is 1.95. The van der Waals surface area contributed by atoms with E-state index in [9.17, 15) is 9.90 Å². The molecule has 0 spiro atoms. The van der Waals surface area contributed by atoms with Gasteiger partial charge in [-0.05, 0) is 30.4 Å². The van der Waals surface area contributed by atoms with Crippen molar-refractivity contribution in [3.05, 3.63) is 52.5 Å². The Morgan fingerprint density at radius 2 is 1.93 bits per heavy atom. The number of imidazole rings is 1. The molecule has 3 N–H and O–H groups in total. The number of hydrogen-bond donors (Lipinski definition) is 3. The summed E-state index contributed by atoms with van der Waals surface area (Å²) in [6.07, 6.45) is 7.22. The quantitative estimate of drug-likeness (QED) is 0.387. The van der Waals surface area contributed by atoms with E-state index in [-0.39, 0.29) is 17.1 Å². The standard InChI is InChI=1S/C15H16Cl2N2O2S.Cu.H2O4S/c1-3-15(22-2,11-5-4-10(16)8-12(11)17)13(14(20)21)19-7-6-18-9-19;;1-5(2,3)4/h4-9,13H,3H2,1-2H3,(H,20,21);;(H2,1,2,3,4). The minimum Gasteiger partial charge on any atom is -0.480 e. The fourth-order valence-corrected chi connectivity index (χ4v) is 4.49. The minimum absolute atomic E-state index is 0. The average molecular weight is 521 g/mol. The number of carbonyl (C=O) groups is 1. The van der Waals surface area contributed by atoms with Crippen molar-refractivity contribution in [1.29, 1.82) is 0 Å². The van der Waals surface area contributed by atoms with Gasteiger partial charge in [-0.25, -0.2) is 9.78 Å². The van der Waals surface area contributed by atoms with E-state index in [4.69, 9.17) is 40.7 Å². The number of nitrogens with zero attached hydrogens (tertiary/aromatic N) is 2. The van der Waals surface area contributed by atoms with E-state index in [1.54, 1.807) is 35.2 Å². The maximum atomic E-state index is 12.0. The zero-order chi connectivity index (χ0) is 20.8. The second kappa shape index (κ2) is 11.4. The zero-order valence-electron chi connectivity index (χ0n) is 14.6. The van der Waals surface area contributed by atoms with E-state index >= 15 is 0 Å². The third-order valence-electron chi connectivity index (χ3n) is 3.78. The molecule has 0 aliphatic carbocycles. The monoisotopic (exact) mass is 519 g/mol. The minimum atomic E-state index is -4.67. The smallest absolute Gasteiger partial charge is 0.394 e. The summed E-state index contributed by atoms with van der Waals surface area (Å²) in [6, 6.07) is 4.35. The van der Waals surface area contributed by atoms with Gasteiger partial charge in [0.15, 0.2) is 6.04 Å². The van der Waals surface area contributed by atoms with Gasteiger partial charge in [-0.3, -0.25) is 9.11 Å². The number of thioether (sulfide) groups is 1. The second-order valence-electron chi connectivity index (χ2n) is 5.27. The Bertz CT molecular complexity index is 869. The summed E-state index contributed by atoms with van der Waals surface area (Å²) in [4.78, 5) is 16.0. The molecule has 0 saturated heterocycles. The molecule has 2 unspecified atom stereocenters. The number of aromatic nitrogens is 2. The first-order chi connectivity index (χ1) is 12.5. The largest absolute Gasteiger partial charge is 0.480 e. The van der Waals surface area contributed by atoms with Crippen LogP contribution in [0.1, 0.15) is 24.9 Å². The third kappa shape index (κ3) is 7.23. The fourth-order valence-electron chi connectivity index (χ4n) is 2.72. The summed E-state index contributed by atoms with van der Waals surface area (Å²) in [5, 5.41) is 10.8. The molecule has 8 nitrogen and oxygen atoms in total. The van der Waals surface area contributed by atoms with Gasteiger partial charge < -0.3 is 9.67 Å². The molecule has 1 aromatic carbocycles. The van der Waals surface area contributed by atoms with Crippen LogP contribution in [0.5, 0.6) is 0 Å². The van der Waals surface area contributed by atoms with Crippen molar-refractivity contribution in [3.63, 3.8) is 0 Å². The van der Waals surface area contributed by atoms with E-state index in [0.29, 0.717) is 16.5 Å². The van der Waals surface area contributed by atoms with Crippen LogP contribution < -0.4 is 0 Å². The first-order valence-corrected chi connectivity index (χ1v) is 10.7. The number of benzene rings is 1. The second-order valence-corrected chi connectivity index (χ2v) is 8.15. The molecule has 0 fully saturated rings. The van der Waals surface area contributed by atoms with Crippen molar-refractivity contribution in [2.24, 2.45) is 0 Å². The number of hydrogen-bond acceptors (Lipinski definition) is 5. The van der Waals surface area contributed by atoms with Crippen LogP contribution in [0.3, 0.4) is 0 Å². The maximum Gasteiger partial charge on any atom is 0.394 e. The number of rotatable bonds is 6. The van der Waals surface area contributed by atoms with Gasteiger partial charge in [0.2, 0.25) is 0 Å². The Labute approximate surface area is 187 Å². The summed E-state index contributed by atoms with van der Waals surface area (Å²) in [5.41, 5.74) is 0.759. The number of halogens is 2. The SMILES string of the molecule is CCC(SC)(c1ccc(Cl)cc1Cl)C(C(=O)O)n1ccnc1.O=S(=O)(O)O.[Cu]. The molecule has 2 aromatic rings. The molecule has 161 valence electrons. The van der Waals surface area contributed by atoms with Gasteiger partial charge >= 0.3 is 16.4 Å². The van der Waals surface area contributed by atoms with E-state index in [2.05, 4.69) is 4.98 Å².